The normalized spacial score (nSPS) is 29.2. The topological polar surface area (TPSA) is 87.7 Å². The Balaban J connectivity index is 1.82. The minimum atomic E-state index is -0.815. The Hall–Kier alpha value is -0.980. The van der Waals surface area contributed by atoms with Crippen LogP contribution >= 0.6 is 0 Å². The van der Waals surface area contributed by atoms with Crippen molar-refractivity contribution in [3.05, 3.63) is 0 Å². The number of hydrogen-bond acceptors (Lipinski definition) is 5. The molecule has 0 aromatic rings. The van der Waals surface area contributed by atoms with Gasteiger partial charge in [0.1, 0.15) is 0 Å². The van der Waals surface area contributed by atoms with E-state index in [-0.39, 0.29) is 18.2 Å². The average Bonchev–Trinajstić information content (AvgIpc) is 2.56. The maximum absolute atomic E-state index is 11.3. The molecule has 2 rings (SSSR count). The third-order valence-corrected chi connectivity index (χ3v) is 3.07. The number of hydrogen-bond donors (Lipinski definition) is 3. The van der Waals surface area contributed by atoms with Crippen molar-refractivity contribution in [3.63, 3.8) is 0 Å². The summed E-state index contributed by atoms with van der Waals surface area (Å²) < 4.78 is 5.15. The standard InChI is InChI=1S/C10H16N2O4/c13-8-5-7(9(14)12-8)11-6-10(15)1-3-16-4-2-10/h7,11,15H,1-6H2,(H,12,13,14). The van der Waals surface area contributed by atoms with Crippen LogP contribution in [-0.2, 0) is 14.3 Å². The summed E-state index contributed by atoms with van der Waals surface area (Å²) in [5.74, 6) is -0.567. The largest absolute Gasteiger partial charge is 0.388 e. The molecule has 0 radical (unpaired) electrons. The van der Waals surface area contributed by atoms with Gasteiger partial charge in [-0.3, -0.25) is 14.9 Å². The van der Waals surface area contributed by atoms with Gasteiger partial charge in [-0.1, -0.05) is 0 Å². The Morgan fingerprint density at radius 1 is 1.44 bits per heavy atom. The van der Waals surface area contributed by atoms with E-state index in [0.29, 0.717) is 32.6 Å². The van der Waals surface area contributed by atoms with Crippen LogP contribution in [0.1, 0.15) is 19.3 Å². The van der Waals surface area contributed by atoms with Crippen molar-refractivity contribution >= 4 is 11.8 Å². The molecule has 16 heavy (non-hydrogen) atoms. The van der Waals surface area contributed by atoms with Gasteiger partial charge in [0.15, 0.2) is 0 Å². The number of nitrogens with one attached hydrogen (secondary N) is 2. The molecule has 1 atom stereocenters. The second-order valence-corrected chi connectivity index (χ2v) is 4.39. The molecular formula is C10H16N2O4. The van der Waals surface area contributed by atoms with Crippen molar-refractivity contribution in [1.82, 2.24) is 10.6 Å². The number of ether oxygens (including phenoxy) is 1. The minimum absolute atomic E-state index is 0.158. The quantitative estimate of drug-likeness (QED) is 0.513. The van der Waals surface area contributed by atoms with Crippen LogP contribution in [-0.4, -0.2) is 48.3 Å². The van der Waals surface area contributed by atoms with Gasteiger partial charge in [-0.05, 0) is 0 Å². The first kappa shape index (κ1) is 11.5. The molecule has 0 aromatic heterocycles. The summed E-state index contributed by atoms with van der Waals surface area (Å²) in [4.78, 5) is 22.2. The molecule has 2 heterocycles. The number of aliphatic hydroxyl groups is 1. The van der Waals surface area contributed by atoms with Gasteiger partial charge in [0, 0.05) is 32.6 Å². The molecule has 0 spiro atoms. The molecule has 90 valence electrons. The van der Waals surface area contributed by atoms with Gasteiger partial charge in [0.2, 0.25) is 11.8 Å². The van der Waals surface area contributed by atoms with E-state index in [1.54, 1.807) is 0 Å². The van der Waals surface area contributed by atoms with E-state index in [1.807, 2.05) is 0 Å². The highest BCUT2D eigenvalue weighted by molar-refractivity contribution is 6.05. The van der Waals surface area contributed by atoms with E-state index < -0.39 is 11.6 Å². The summed E-state index contributed by atoms with van der Waals surface area (Å²) in [5.41, 5.74) is -0.815. The monoisotopic (exact) mass is 228 g/mol. The zero-order chi connectivity index (χ0) is 11.6. The predicted octanol–water partition coefficient (Wildman–Crippen LogP) is -1.47. The molecule has 6 heteroatoms. The molecule has 3 N–H and O–H groups in total. The third-order valence-electron chi connectivity index (χ3n) is 3.07. The van der Waals surface area contributed by atoms with Crippen molar-refractivity contribution in [2.45, 2.75) is 30.9 Å². The summed E-state index contributed by atoms with van der Waals surface area (Å²) in [6.45, 7) is 1.39. The number of rotatable bonds is 3. The van der Waals surface area contributed by atoms with Gasteiger partial charge < -0.3 is 15.2 Å². The van der Waals surface area contributed by atoms with Crippen molar-refractivity contribution in [2.24, 2.45) is 0 Å². The number of amides is 2. The van der Waals surface area contributed by atoms with Gasteiger partial charge in [-0.25, -0.2) is 0 Å². The second-order valence-electron chi connectivity index (χ2n) is 4.39. The number of carbonyl (C=O) groups is 2. The molecule has 2 amide bonds. The summed E-state index contributed by atoms with van der Waals surface area (Å²) in [6, 6.07) is -0.501. The van der Waals surface area contributed by atoms with E-state index in [2.05, 4.69) is 10.6 Å². The highest BCUT2D eigenvalue weighted by atomic mass is 16.5. The molecule has 0 saturated carbocycles. The van der Waals surface area contributed by atoms with E-state index >= 15 is 0 Å². The highest BCUT2D eigenvalue weighted by Gasteiger charge is 2.34. The molecule has 2 aliphatic heterocycles. The number of imide groups is 1. The molecular weight excluding hydrogens is 212 g/mol. The lowest BCUT2D eigenvalue weighted by Gasteiger charge is -2.32. The van der Waals surface area contributed by atoms with Gasteiger partial charge in [-0.2, -0.15) is 0 Å². The predicted molar refractivity (Wildman–Crippen MR) is 54.6 cm³/mol. The molecule has 2 fully saturated rings. The SMILES string of the molecule is O=C1CC(NCC2(O)CCOCC2)C(=O)N1. The summed E-state index contributed by atoms with van der Waals surface area (Å²) >= 11 is 0. The minimum Gasteiger partial charge on any atom is -0.388 e. The number of carbonyl (C=O) groups excluding carboxylic acids is 2. The average molecular weight is 228 g/mol. The zero-order valence-electron chi connectivity index (χ0n) is 8.99. The Kier molecular flexibility index (Phi) is 3.22. The lowest BCUT2D eigenvalue weighted by Crippen LogP contribution is -2.49. The maximum Gasteiger partial charge on any atom is 0.244 e. The first-order valence-electron chi connectivity index (χ1n) is 5.46. The fourth-order valence-electron chi connectivity index (χ4n) is 1.96. The van der Waals surface area contributed by atoms with E-state index in [9.17, 15) is 14.7 Å². The molecule has 2 saturated heterocycles. The van der Waals surface area contributed by atoms with Crippen LogP contribution in [0.4, 0.5) is 0 Å². The van der Waals surface area contributed by atoms with E-state index in [0.717, 1.165) is 0 Å². The molecule has 0 aromatic carbocycles. The van der Waals surface area contributed by atoms with Crippen LogP contribution in [0.3, 0.4) is 0 Å². The zero-order valence-corrected chi connectivity index (χ0v) is 8.99. The molecule has 6 nitrogen and oxygen atoms in total. The van der Waals surface area contributed by atoms with Gasteiger partial charge in [0.25, 0.3) is 0 Å². The van der Waals surface area contributed by atoms with E-state index in [1.165, 1.54) is 0 Å². The summed E-state index contributed by atoms with van der Waals surface area (Å²) in [6.07, 6.45) is 1.27. The van der Waals surface area contributed by atoms with Crippen LogP contribution in [0.5, 0.6) is 0 Å². The Morgan fingerprint density at radius 3 is 2.69 bits per heavy atom. The van der Waals surface area contributed by atoms with Crippen molar-refractivity contribution in [2.75, 3.05) is 19.8 Å². The first-order valence-corrected chi connectivity index (χ1v) is 5.46. The summed E-state index contributed by atoms with van der Waals surface area (Å²) in [7, 11) is 0. The Bertz CT molecular complexity index is 299. The molecule has 0 bridgehead atoms. The molecule has 1 unspecified atom stereocenters. The third kappa shape index (κ3) is 2.58. The lowest BCUT2D eigenvalue weighted by molar-refractivity contribution is -0.125. The van der Waals surface area contributed by atoms with Crippen LogP contribution in [0.15, 0.2) is 0 Å². The van der Waals surface area contributed by atoms with Gasteiger partial charge >= 0.3 is 0 Å². The van der Waals surface area contributed by atoms with E-state index in [4.69, 9.17) is 4.74 Å². The fraction of sp³-hybridized carbons (Fsp3) is 0.800. The van der Waals surface area contributed by atoms with Crippen molar-refractivity contribution in [1.29, 1.82) is 0 Å². The summed E-state index contributed by atoms with van der Waals surface area (Å²) in [5, 5.41) is 15.3. The Labute approximate surface area is 93.3 Å². The van der Waals surface area contributed by atoms with Crippen LogP contribution in [0, 0.1) is 0 Å². The van der Waals surface area contributed by atoms with Crippen LogP contribution in [0.2, 0.25) is 0 Å². The smallest absolute Gasteiger partial charge is 0.244 e. The van der Waals surface area contributed by atoms with Gasteiger partial charge in [0.05, 0.1) is 18.1 Å². The van der Waals surface area contributed by atoms with Crippen LogP contribution < -0.4 is 10.6 Å². The molecule has 0 aliphatic carbocycles. The highest BCUT2D eigenvalue weighted by Crippen LogP contribution is 2.19. The van der Waals surface area contributed by atoms with Crippen molar-refractivity contribution < 1.29 is 19.4 Å². The maximum atomic E-state index is 11.3. The first-order chi connectivity index (χ1) is 7.59. The van der Waals surface area contributed by atoms with Crippen LogP contribution in [0.25, 0.3) is 0 Å². The Morgan fingerprint density at radius 2 is 2.12 bits per heavy atom. The van der Waals surface area contributed by atoms with Crippen molar-refractivity contribution in [3.8, 4) is 0 Å². The second kappa shape index (κ2) is 4.48. The fourth-order valence-corrected chi connectivity index (χ4v) is 1.96. The van der Waals surface area contributed by atoms with Gasteiger partial charge in [-0.15, -0.1) is 0 Å². The lowest BCUT2D eigenvalue weighted by atomic mass is 9.94. The molecule has 2 aliphatic rings.